The standard InChI is InChI=1S/C20H22N2O5/c23-17(22-20(13-19(24)25)10-2-3-11-20)14-26-15-6-8-16(9-7-15)27-18-5-1-4-12-21-18/h1,4-9,12H,2-3,10-11,13-14H2,(H,22,23)(H,24,25). The average molecular weight is 370 g/mol. The van der Waals surface area contributed by atoms with Crippen LogP contribution in [0.15, 0.2) is 48.7 Å². The molecule has 27 heavy (non-hydrogen) atoms. The molecule has 1 aromatic heterocycles. The normalized spacial score (nSPS) is 15.1. The maximum absolute atomic E-state index is 12.2. The predicted molar refractivity (Wildman–Crippen MR) is 97.8 cm³/mol. The monoisotopic (exact) mass is 370 g/mol. The van der Waals surface area contributed by atoms with Gasteiger partial charge in [0.1, 0.15) is 11.5 Å². The highest BCUT2D eigenvalue weighted by molar-refractivity contribution is 5.79. The highest BCUT2D eigenvalue weighted by Gasteiger charge is 2.37. The first-order chi connectivity index (χ1) is 13.0. The van der Waals surface area contributed by atoms with Gasteiger partial charge in [-0.3, -0.25) is 9.59 Å². The number of hydrogen-bond donors (Lipinski definition) is 2. The minimum atomic E-state index is -0.901. The fraction of sp³-hybridized carbons (Fsp3) is 0.350. The van der Waals surface area contributed by atoms with Crippen LogP contribution in [-0.2, 0) is 9.59 Å². The maximum Gasteiger partial charge on any atom is 0.305 e. The molecule has 0 spiro atoms. The first kappa shape index (κ1) is 18.7. The summed E-state index contributed by atoms with van der Waals surface area (Å²) in [6.45, 7) is -0.165. The molecule has 2 aromatic rings. The fourth-order valence-electron chi connectivity index (χ4n) is 3.30. The van der Waals surface area contributed by atoms with E-state index in [1.807, 2.05) is 6.07 Å². The van der Waals surface area contributed by atoms with Gasteiger partial charge in [0.15, 0.2) is 6.61 Å². The van der Waals surface area contributed by atoms with E-state index >= 15 is 0 Å². The van der Waals surface area contributed by atoms with E-state index in [1.165, 1.54) is 0 Å². The fourth-order valence-corrected chi connectivity index (χ4v) is 3.30. The predicted octanol–water partition coefficient (Wildman–Crippen LogP) is 3.16. The van der Waals surface area contributed by atoms with E-state index in [2.05, 4.69) is 10.3 Å². The summed E-state index contributed by atoms with van der Waals surface area (Å²) in [5.74, 6) is 0.411. The SMILES string of the molecule is O=C(O)CC1(NC(=O)COc2ccc(Oc3ccccn3)cc2)CCCC1. The van der Waals surface area contributed by atoms with E-state index in [-0.39, 0.29) is 18.9 Å². The van der Waals surface area contributed by atoms with Crippen molar-refractivity contribution in [3.63, 3.8) is 0 Å². The summed E-state index contributed by atoms with van der Waals surface area (Å²) >= 11 is 0. The summed E-state index contributed by atoms with van der Waals surface area (Å²) in [6, 6.07) is 12.3. The smallest absolute Gasteiger partial charge is 0.305 e. The summed E-state index contributed by atoms with van der Waals surface area (Å²) in [5, 5.41) is 12.0. The Morgan fingerprint density at radius 1 is 1.07 bits per heavy atom. The minimum absolute atomic E-state index is 0.0572. The van der Waals surface area contributed by atoms with Gasteiger partial charge < -0.3 is 19.9 Å². The van der Waals surface area contributed by atoms with Gasteiger partial charge in [0.2, 0.25) is 5.88 Å². The van der Waals surface area contributed by atoms with Gasteiger partial charge in [-0.25, -0.2) is 4.98 Å². The third-order valence-corrected chi connectivity index (χ3v) is 4.51. The van der Waals surface area contributed by atoms with Crippen molar-refractivity contribution in [1.82, 2.24) is 10.3 Å². The number of benzene rings is 1. The second-order valence-electron chi connectivity index (χ2n) is 6.64. The Balaban J connectivity index is 1.50. The quantitative estimate of drug-likeness (QED) is 0.741. The van der Waals surface area contributed by atoms with Gasteiger partial charge in [-0.1, -0.05) is 18.9 Å². The molecule has 0 bridgehead atoms. The number of aliphatic carboxylic acids is 1. The molecular weight excluding hydrogens is 348 g/mol. The molecular formula is C20H22N2O5. The minimum Gasteiger partial charge on any atom is -0.484 e. The van der Waals surface area contributed by atoms with Gasteiger partial charge in [-0.2, -0.15) is 0 Å². The van der Waals surface area contributed by atoms with Crippen LogP contribution in [0.1, 0.15) is 32.1 Å². The average Bonchev–Trinajstić information content (AvgIpc) is 3.09. The maximum atomic E-state index is 12.2. The zero-order chi connectivity index (χ0) is 19.1. The van der Waals surface area contributed by atoms with Crippen LogP contribution in [0.4, 0.5) is 0 Å². The van der Waals surface area contributed by atoms with Crippen LogP contribution in [-0.4, -0.2) is 34.1 Å². The Bertz CT molecular complexity index is 771. The number of amides is 1. The number of rotatable bonds is 8. The number of pyridine rings is 1. The van der Waals surface area contributed by atoms with Crippen LogP contribution < -0.4 is 14.8 Å². The van der Waals surface area contributed by atoms with Crippen molar-refractivity contribution in [2.24, 2.45) is 0 Å². The number of carbonyl (C=O) groups excluding carboxylic acids is 1. The van der Waals surface area contributed by atoms with Gasteiger partial charge >= 0.3 is 5.97 Å². The number of nitrogens with one attached hydrogen (secondary N) is 1. The lowest BCUT2D eigenvalue weighted by atomic mass is 9.93. The number of nitrogens with zero attached hydrogens (tertiary/aromatic N) is 1. The lowest BCUT2D eigenvalue weighted by molar-refractivity contribution is -0.139. The van der Waals surface area contributed by atoms with E-state index in [9.17, 15) is 9.59 Å². The molecule has 1 saturated carbocycles. The largest absolute Gasteiger partial charge is 0.484 e. The molecule has 1 aliphatic rings. The van der Waals surface area contributed by atoms with E-state index in [0.717, 1.165) is 12.8 Å². The summed E-state index contributed by atoms with van der Waals surface area (Å²) < 4.78 is 11.1. The van der Waals surface area contributed by atoms with Crippen molar-refractivity contribution in [2.75, 3.05) is 6.61 Å². The molecule has 0 aliphatic heterocycles. The molecule has 0 saturated heterocycles. The molecule has 1 heterocycles. The number of ether oxygens (including phenoxy) is 2. The van der Waals surface area contributed by atoms with Crippen LogP contribution in [0.5, 0.6) is 17.4 Å². The molecule has 1 fully saturated rings. The number of carbonyl (C=O) groups is 2. The van der Waals surface area contributed by atoms with Crippen molar-refractivity contribution in [2.45, 2.75) is 37.6 Å². The molecule has 1 aromatic carbocycles. The number of hydrogen-bond acceptors (Lipinski definition) is 5. The van der Waals surface area contributed by atoms with E-state index < -0.39 is 11.5 Å². The highest BCUT2D eigenvalue weighted by Crippen LogP contribution is 2.32. The molecule has 2 N–H and O–H groups in total. The van der Waals surface area contributed by atoms with Gasteiger partial charge in [0.05, 0.1) is 12.0 Å². The number of carboxylic acids is 1. The summed E-state index contributed by atoms with van der Waals surface area (Å²) in [5.41, 5.74) is -0.646. The number of carboxylic acid groups (broad SMARTS) is 1. The topological polar surface area (TPSA) is 97.8 Å². The zero-order valence-electron chi connectivity index (χ0n) is 14.9. The Morgan fingerprint density at radius 3 is 2.41 bits per heavy atom. The molecule has 0 unspecified atom stereocenters. The summed E-state index contributed by atoms with van der Waals surface area (Å²) in [7, 11) is 0. The van der Waals surface area contributed by atoms with Crippen molar-refractivity contribution in [1.29, 1.82) is 0 Å². The molecule has 1 aliphatic carbocycles. The molecule has 1 amide bonds. The van der Waals surface area contributed by atoms with Gasteiger partial charge in [0.25, 0.3) is 5.91 Å². The van der Waals surface area contributed by atoms with Crippen molar-refractivity contribution in [3.8, 4) is 17.4 Å². The molecule has 142 valence electrons. The van der Waals surface area contributed by atoms with Crippen molar-refractivity contribution >= 4 is 11.9 Å². The molecule has 7 heteroatoms. The second kappa shape index (κ2) is 8.53. The zero-order valence-corrected chi connectivity index (χ0v) is 14.9. The van der Waals surface area contributed by atoms with Crippen molar-refractivity contribution < 1.29 is 24.2 Å². The molecule has 7 nitrogen and oxygen atoms in total. The van der Waals surface area contributed by atoms with Gasteiger partial charge in [0, 0.05) is 12.3 Å². The first-order valence-corrected chi connectivity index (χ1v) is 8.89. The van der Waals surface area contributed by atoms with Crippen LogP contribution in [0, 0.1) is 0 Å². The van der Waals surface area contributed by atoms with Gasteiger partial charge in [-0.15, -0.1) is 0 Å². The van der Waals surface area contributed by atoms with Gasteiger partial charge in [-0.05, 0) is 43.2 Å². The van der Waals surface area contributed by atoms with Crippen LogP contribution in [0.25, 0.3) is 0 Å². The Kier molecular flexibility index (Phi) is 5.90. The highest BCUT2D eigenvalue weighted by atomic mass is 16.5. The Hall–Kier alpha value is -3.09. The lowest BCUT2D eigenvalue weighted by Gasteiger charge is -2.28. The van der Waals surface area contributed by atoms with Crippen LogP contribution >= 0.6 is 0 Å². The number of aromatic nitrogens is 1. The van der Waals surface area contributed by atoms with Crippen molar-refractivity contribution in [3.05, 3.63) is 48.7 Å². The molecule has 0 atom stereocenters. The third-order valence-electron chi connectivity index (χ3n) is 4.51. The van der Waals surface area contributed by atoms with E-state index in [0.29, 0.717) is 30.2 Å². The molecule has 0 radical (unpaired) electrons. The lowest BCUT2D eigenvalue weighted by Crippen LogP contribution is -2.49. The third kappa shape index (κ3) is 5.44. The Morgan fingerprint density at radius 2 is 1.78 bits per heavy atom. The van der Waals surface area contributed by atoms with E-state index in [4.69, 9.17) is 14.6 Å². The van der Waals surface area contributed by atoms with E-state index in [1.54, 1.807) is 42.6 Å². The summed E-state index contributed by atoms with van der Waals surface area (Å²) in [6.07, 6.45) is 4.80. The Labute approximate surface area is 157 Å². The summed E-state index contributed by atoms with van der Waals surface area (Å²) in [4.78, 5) is 27.4. The first-order valence-electron chi connectivity index (χ1n) is 8.89. The van der Waals surface area contributed by atoms with Crippen LogP contribution in [0.3, 0.4) is 0 Å². The second-order valence-corrected chi connectivity index (χ2v) is 6.64. The molecule has 3 rings (SSSR count). The van der Waals surface area contributed by atoms with Crippen LogP contribution in [0.2, 0.25) is 0 Å².